The summed E-state index contributed by atoms with van der Waals surface area (Å²) in [4.78, 5) is 39.1. The smallest absolute Gasteiger partial charge is 0.325 e. The molecule has 31 heavy (non-hydrogen) atoms. The molecule has 0 unspecified atom stereocenters. The number of nitrogens with one attached hydrogen (secondary N) is 2. The normalized spacial score (nSPS) is 19.0. The molecule has 2 aromatic carbocycles. The molecule has 1 fully saturated rings. The first-order valence-electron chi connectivity index (χ1n) is 10.6. The Morgan fingerprint density at radius 1 is 1.03 bits per heavy atom. The van der Waals surface area contributed by atoms with Crippen LogP contribution in [0.1, 0.15) is 64.2 Å². The molecule has 2 N–H and O–H groups in total. The van der Waals surface area contributed by atoms with Gasteiger partial charge in [-0.3, -0.25) is 14.5 Å². The predicted molar refractivity (Wildman–Crippen MR) is 122 cm³/mol. The first-order chi connectivity index (χ1) is 14.4. The maximum absolute atomic E-state index is 13.1. The lowest BCUT2D eigenvalue weighted by Gasteiger charge is -2.24. The van der Waals surface area contributed by atoms with E-state index >= 15 is 0 Å². The van der Waals surface area contributed by atoms with Gasteiger partial charge in [0.2, 0.25) is 5.91 Å². The van der Waals surface area contributed by atoms with Crippen molar-refractivity contribution < 1.29 is 14.4 Å². The van der Waals surface area contributed by atoms with E-state index < -0.39 is 23.4 Å². The lowest BCUT2D eigenvalue weighted by atomic mass is 9.84. The number of hydrogen-bond donors (Lipinski definition) is 2. The molecule has 1 atom stereocenters. The topological polar surface area (TPSA) is 78.5 Å². The van der Waals surface area contributed by atoms with Crippen molar-refractivity contribution in [2.24, 2.45) is 0 Å². The second-order valence-electron chi connectivity index (χ2n) is 9.60. The number of benzene rings is 2. The Balaban J connectivity index is 1.71. The van der Waals surface area contributed by atoms with Gasteiger partial charge in [0.05, 0.1) is 0 Å². The van der Waals surface area contributed by atoms with E-state index in [2.05, 4.69) is 45.3 Å². The molecule has 0 radical (unpaired) electrons. The number of imide groups is 1. The zero-order chi connectivity index (χ0) is 23.0. The van der Waals surface area contributed by atoms with Gasteiger partial charge in [0.15, 0.2) is 0 Å². The van der Waals surface area contributed by atoms with Crippen molar-refractivity contribution in [2.45, 2.75) is 58.4 Å². The van der Waals surface area contributed by atoms with Gasteiger partial charge in [-0.15, -0.1) is 0 Å². The van der Waals surface area contributed by atoms with Crippen LogP contribution in [-0.2, 0) is 20.5 Å². The second-order valence-corrected chi connectivity index (χ2v) is 9.60. The van der Waals surface area contributed by atoms with E-state index in [0.29, 0.717) is 17.2 Å². The van der Waals surface area contributed by atoms with Gasteiger partial charge in [-0.25, -0.2) is 4.79 Å². The standard InChI is InChI=1S/C25H31N3O3/c1-16(2)17-7-13-20(14-8-17)26-21(29)15-28-22(30)25(6,27-23(28)31)19-11-9-18(10-12-19)24(3,4)5/h7-14,16H,15H2,1-6H3,(H,26,29)(H,27,31)/t25-/m0/s1. The lowest BCUT2D eigenvalue weighted by Crippen LogP contribution is -2.42. The number of carbonyl (C=O) groups is 3. The van der Waals surface area contributed by atoms with Crippen molar-refractivity contribution in [3.05, 3.63) is 65.2 Å². The summed E-state index contributed by atoms with van der Waals surface area (Å²) in [6, 6.07) is 14.6. The molecule has 1 saturated heterocycles. The fourth-order valence-electron chi connectivity index (χ4n) is 3.64. The van der Waals surface area contributed by atoms with E-state index in [-0.39, 0.29) is 12.0 Å². The number of carbonyl (C=O) groups excluding carboxylic acids is 3. The number of anilines is 1. The first kappa shape index (κ1) is 22.5. The third-order valence-corrected chi connectivity index (χ3v) is 5.77. The molecule has 2 aromatic rings. The summed E-state index contributed by atoms with van der Waals surface area (Å²) < 4.78 is 0. The Morgan fingerprint density at radius 3 is 2.13 bits per heavy atom. The van der Waals surface area contributed by atoms with Crippen LogP contribution in [0.5, 0.6) is 0 Å². The van der Waals surface area contributed by atoms with Crippen LogP contribution in [0.15, 0.2) is 48.5 Å². The number of hydrogen-bond acceptors (Lipinski definition) is 3. The second kappa shape index (κ2) is 8.17. The van der Waals surface area contributed by atoms with Gasteiger partial charge in [-0.05, 0) is 47.1 Å². The highest BCUT2D eigenvalue weighted by Crippen LogP contribution is 2.31. The quantitative estimate of drug-likeness (QED) is 0.697. The van der Waals surface area contributed by atoms with Gasteiger partial charge < -0.3 is 10.6 Å². The van der Waals surface area contributed by atoms with E-state index in [9.17, 15) is 14.4 Å². The molecule has 0 spiro atoms. The van der Waals surface area contributed by atoms with Crippen molar-refractivity contribution in [2.75, 3.05) is 11.9 Å². The monoisotopic (exact) mass is 421 g/mol. The summed E-state index contributed by atoms with van der Waals surface area (Å²) in [5.74, 6) is -0.467. The molecular weight excluding hydrogens is 390 g/mol. The zero-order valence-corrected chi connectivity index (χ0v) is 19.1. The average Bonchev–Trinajstić information content (AvgIpc) is 2.92. The molecule has 0 aromatic heterocycles. The fourth-order valence-corrected chi connectivity index (χ4v) is 3.64. The van der Waals surface area contributed by atoms with Crippen LogP contribution in [0, 0.1) is 0 Å². The van der Waals surface area contributed by atoms with Crippen LogP contribution in [0.2, 0.25) is 0 Å². The molecule has 1 aliphatic rings. The van der Waals surface area contributed by atoms with Gasteiger partial charge in [0.25, 0.3) is 5.91 Å². The van der Waals surface area contributed by atoms with Crippen molar-refractivity contribution in [3.63, 3.8) is 0 Å². The maximum atomic E-state index is 13.1. The molecule has 6 heteroatoms. The van der Waals surface area contributed by atoms with Crippen LogP contribution in [0.4, 0.5) is 10.5 Å². The molecule has 4 amide bonds. The minimum Gasteiger partial charge on any atom is -0.325 e. The summed E-state index contributed by atoms with van der Waals surface area (Å²) in [6.45, 7) is 11.9. The first-order valence-corrected chi connectivity index (χ1v) is 10.6. The van der Waals surface area contributed by atoms with Gasteiger partial charge in [0, 0.05) is 5.69 Å². The Bertz CT molecular complexity index is 988. The minimum absolute atomic E-state index is 0.0140. The summed E-state index contributed by atoms with van der Waals surface area (Å²) in [5.41, 5.74) is 2.40. The van der Waals surface area contributed by atoms with Crippen LogP contribution in [0.25, 0.3) is 0 Å². The highest BCUT2D eigenvalue weighted by atomic mass is 16.2. The third-order valence-electron chi connectivity index (χ3n) is 5.77. The summed E-state index contributed by atoms with van der Waals surface area (Å²) in [7, 11) is 0. The third kappa shape index (κ3) is 4.63. The highest BCUT2D eigenvalue weighted by Gasteiger charge is 2.49. The maximum Gasteiger partial charge on any atom is 0.325 e. The minimum atomic E-state index is -1.20. The van der Waals surface area contributed by atoms with Crippen molar-refractivity contribution in [1.29, 1.82) is 0 Å². The zero-order valence-electron chi connectivity index (χ0n) is 19.1. The van der Waals surface area contributed by atoms with E-state index in [1.165, 1.54) is 5.56 Å². The average molecular weight is 422 g/mol. The lowest BCUT2D eigenvalue weighted by molar-refractivity contribution is -0.133. The molecular formula is C25H31N3O3. The Hall–Kier alpha value is -3.15. The number of rotatable bonds is 5. The SMILES string of the molecule is CC(C)c1ccc(NC(=O)CN2C(=O)N[C@@](C)(c3ccc(C(C)(C)C)cc3)C2=O)cc1. The molecule has 0 saturated carbocycles. The molecule has 3 rings (SSSR count). The van der Waals surface area contributed by atoms with Crippen LogP contribution in [-0.4, -0.2) is 29.3 Å². The van der Waals surface area contributed by atoms with Crippen LogP contribution in [0.3, 0.4) is 0 Å². The van der Waals surface area contributed by atoms with Crippen molar-refractivity contribution in [3.8, 4) is 0 Å². The predicted octanol–water partition coefficient (Wildman–Crippen LogP) is 4.51. The Kier molecular flexibility index (Phi) is 5.94. The summed E-state index contributed by atoms with van der Waals surface area (Å²) in [5, 5.41) is 5.51. The van der Waals surface area contributed by atoms with Gasteiger partial charge in [0.1, 0.15) is 12.1 Å². The molecule has 6 nitrogen and oxygen atoms in total. The summed E-state index contributed by atoms with van der Waals surface area (Å²) >= 11 is 0. The van der Waals surface area contributed by atoms with E-state index in [1.807, 2.05) is 48.5 Å². The summed E-state index contributed by atoms with van der Waals surface area (Å²) in [6.07, 6.45) is 0. The van der Waals surface area contributed by atoms with Crippen molar-refractivity contribution in [1.82, 2.24) is 10.2 Å². The van der Waals surface area contributed by atoms with E-state index in [0.717, 1.165) is 10.5 Å². The van der Waals surface area contributed by atoms with Gasteiger partial charge in [-0.2, -0.15) is 0 Å². The van der Waals surface area contributed by atoms with Crippen LogP contribution < -0.4 is 10.6 Å². The molecule has 1 aliphatic heterocycles. The number of amides is 4. The fraction of sp³-hybridized carbons (Fsp3) is 0.400. The van der Waals surface area contributed by atoms with Crippen LogP contribution >= 0.6 is 0 Å². The molecule has 1 heterocycles. The number of urea groups is 1. The molecule has 164 valence electrons. The Labute approximate surface area is 184 Å². The highest BCUT2D eigenvalue weighted by molar-refractivity contribution is 6.10. The Morgan fingerprint density at radius 2 is 1.61 bits per heavy atom. The number of nitrogens with zero attached hydrogens (tertiary/aromatic N) is 1. The van der Waals surface area contributed by atoms with E-state index in [4.69, 9.17) is 0 Å². The van der Waals surface area contributed by atoms with E-state index in [1.54, 1.807) is 6.92 Å². The van der Waals surface area contributed by atoms with Gasteiger partial charge in [-0.1, -0.05) is 71.0 Å². The van der Waals surface area contributed by atoms with Crippen molar-refractivity contribution >= 4 is 23.5 Å². The molecule has 0 bridgehead atoms. The molecule has 0 aliphatic carbocycles. The largest absolute Gasteiger partial charge is 0.325 e. The van der Waals surface area contributed by atoms with Gasteiger partial charge >= 0.3 is 6.03 Å².